The number of piperazine rings is 1. The van der Waals surface area contributed by atoms with Crippen molar-refractivity contribution in [1.29, 1.82) is 0 Å². The maximum Gasteiger partial charge on any atom is 0.257 e. The smallest absolute Gasteiger partial charge is 0.257 e. The number of aromatic nitrogens is 4. The van der Waals surface area contributed by atoms with Gasteiger partial charge in [-0.15, -0.1) is 0 Å². The zero-order chi connectivity index (χ0) is 23.1. The van der Waals surface area contributed by atoms with Crippen molar-refractivity contribution < 1.29 is 14.3 Å². The number of hydrogen-bond donors (Lipinski definition) is 3. The summed E-state index contributed by atoms with van der Waals surface area (Å²) < 4.78 is 17.8. The van der Waals surface area contributed by atoms with E-state index in [1.807, 2.05) is 19.2 Å². The highest BCUT2D eigenvalue weighted by molar-refractivity contribution is 6.13. The van der Waals surface area contributed by atoms with Crippen LogP contribution < -0.4 is 15.5 Å². The summed E-state index contributed by atoms with van der Waals surface area (Å²) in [5.74, 6) is -0.870. The standard InChI is InChI=1S/C23H26FN7O2/c1-3-31-12-18-20(29-7-6-25-16(11-29)13-32)5-4-17(21(18)28-31)23(33)27-15-8-19(24)22-26-14(2)9-30(22)10-15/h4-5,8-10,12,16,25,32H,3,6-7,11,13H2,1-2H3,(H,27,33). The second-order valence-electron chi connectivity index (χ2n) is 8.30. The van der Waals surface area contributed by atoms with Gasteiger partial charge in [-0.3, -0.25) is 9.48 Å². The first kappa shape index (κ1) is 21.4. The Balaban J connectivity index is 1.50. The molecule has 1 aromatic carbocycles. The lowest BCUT2D eigenvalue weighted by Gasteiger charge is -2.34. The molecule has 0 saturated carbocycles. The Hall–Kier alpha value is -3.50. The van der Waals surface area contributed by atoms with Gasteiger partial charge in [0.1, 0.15) is 5.52 Å². The van der Waals surface area contributed by atoms with Crippen molar-refractivity contribution in [2.45, 2.75) is 26.4 Å². The minimum Gasteiger partial charge on any atom is -0.395 e. The van der Waals surface area contributed by atoms with Crippen molar-refractivity contribution in [3.63, 3.8) is 0 Å². The Bertz CT molecular complexity index is 1350. The number of carbonyl (C=O) groups excluding carboxylic acids is 1. The number of benzene rings is 1. The van der Waals surface area contributed by atoms with E-state index in [0.717, 1.165) is 24.2 Å². The number of amides is 1. The molecule has 33 heavy (non-hydrogen) atoms. The summed E-state index contributed by atoms with van der Waals surface area (Å²) in [6.07, 6.45) is 5.29. The molecule has 5 rings (SSSR count). The summed E-state index contributed by atoms with van der Waals surface area (Å²) in [5, 5.41) is 21.2. The van der Waals surface area contributed by atoms with Gasteiger partial charge in [0.05, 0.1) is 23.6 Å². The van der Waals surface area contributed by atoms with Gasteiger partial charge in [0.25, 0.3) is 5.91 Å². The minimum absolute atomic E-state index is 0.00498. The quantitative estimate of drug-likeness (QED) is 0.430. The minimum atomic E-state index is -0.506. The van der Waals surface area contributed by atoms with E-state index in [2.05, 4.69) is 25.6 Å². The zero-order valence-corrected chi connectivity index (χ0v) is 18.5. The van der Waals surface area contributed by atoms with E-state index in [1.54, 1.807) is 34.5 Å². The van der Waals surface area contributed by atoms with Crippen LogP contribution in [-0.4, -0.2) is 62.5 Å². The second kappa shape index (κ2) is 8.45. The molecule has 0 spiro atoms. The molecule has 9 nitrogen and oxygen atoms in total. The van der Waals surface area contributed by atoms with Crippen LogP contribution in [0.15, 0.2) is 36.8 Å². The number of fused-ring (bicyclic) bond motifs is 2. The van der Waals surface area contributed by atoms with Gasteiger partial charge in [-0.2, -0.15) is 5.10 Å². The molecule has 1 saturated heterocycles. The van der Waals surface area contributed by atoms with E-state index >= 15 is 0 Å². The monoisotopic (exact) mass is 451 g/mol. The molecule has 1 aliphatic heterocycles. The van der Waals surface area contributed by atoms with Crippen molar-refractivity contribution in [1.82, 2.24) is 24.5 Å². The number of aliphatic hydroxyl groups excluding tert-OH is 1. The molecule has 3 aromatic heterocycles. The summed E-state index contributed by atoms with van der Waals surface area (Å²) in [4.78, 5) is 19.5. The summed E-state index contributed by atoms with van der Waals surface area (Å²) >= 11 is 0. The third-order valence-electron chi connectivity index (χ3n) is 5.97. The van der Waals surface area contributed by atoms with Gasteiger partial charge < -0.3 is 25.0 Å². The molecule has 4 aromatic rings. The molecule has 1 unspecified atom stereocenters. The van der Waals surface area contributed by atoms with Crippen LogP contribution in [0.1, 0.15) is 23.0 Å². The molecule has 0 aliphatic carbocycles. The highest BCUT2D eigenvalue weighted by atomic mass is 19.1. The van der Waals surface area contributed by atoms with Crippen molar-refractivity contribution in [2.24, 2.45) is 0 Å². The molecule has 1 amide bonds. The van der Waals surface area contributed by atoms with Crippen LogP contribution in [0.5, 0.6) is 0 Å². The van der Waals surface area contributed by atoms with Gasteiger partial charge in [-0.25, -0.2) is 9.37 Å². The molecule has 0 bridgehead atoms. The van der Waals surface area contributed by atoms with Gasteiger partial charge in [-0.1, -0.05) is 0 Å². The fourth-order valence-electron chi connectivity index (χ4n) is 4.37. The fraction of sp³-hybridized carbons (Fsp3) is 0.348. The first-order valence-corrected chi connectivity index (χ1v) is 11.0. The van der Waals surface area contributed by atoms with Crippen molar-refractivity contribution in [3.05, 3.63) is 53.9 Å². The molecular formula is C23H26FN7O2. The number of nitrogens with zero attached hydrogens (tertiary/aromatic N) is 5. The average Bonchev–Trinajstić information content (AvgIpc) is 3.41. The predicted molar refractivity (Wildman–Crippen MR) is 124 cm³/mol. The van der Waals surface area contributed by atoms with Gasteiger partial charge in [0.2, 0.25) is 0 Å². The number of rotatable bonds is 5. The molecule has 1 atom stereocenters. The number of hydrogen-bond acceptors (Lipinski definition) is 6. The lowest BCUT2D eigenvalue weighted by molar-refractivity contribution is 0.102. The number of halogens is 1. The van der Waals surface area contributed by atoms with Crippen LogP contribution >= 0.6 is 0 Å². The molecular weight excluding hydrogens is 425 g/mol. The Kier molecular flexibility index (Phi) is 5.47. The fourth-order valence-corrected chi connectivity index (χ4v) is 4.37. The van der Waals surface area contributed by atoms with Crippen LogP contribution in [0, 0.1) is 12.7 Å². The van der Waals surface area contributed by atoms with Crippen LogP contribution in [0.3, 0.4) is 0 Å². The molecule has 4 heterocycles. The van der Waals surface area contributed by atoms with E-state index in [1.165, 1.54) is 6.07 Å². The average molecular weight is 452 g/mol. The van der Waals surface area contributed by atoms with Gasteiger partial charge in [0, 0.05) is 68.0 Å². The number of anilines is 2. The molecule has 3 N–H and O–H groups in total. The van der Waals surface area contributed by atoms with Gasteiger partial charge >= 0.3 is 0 Å². The molecule has 0 radical (unpaired) electrons. The highest BCUT2D eigenvalue weighted by Gasteiger charge is 2.23. The lowest BCUT2D eigenvalue weighted by Crippen LogP contribution is -2.52. The predicted octanol–water partition coefficient (Wildman–Crippen LogP) is 2.17. The SMILES string of the molecule is CCn1cc2c(N3CCNC(CO)C3)ccc(C(=O)Nc3cc(F)c4nc(C)cn4c3)c2n1. The van der Waals surface area contributed by atoms with Crippen LogP contribution in [0.4, 0.5) is 15.8 Å². The number of nitrogens with one attached hydrogen (secondary N) is 2. The Labute approximate surface area is 189 Å². The molecule has 1 fully saturated rings. The van der Waals surface area contributed by atoms with Gasteiger partial charge in [0.15, 0.2) is 11.5 Å². The van der Waals surface area contributed by atoms with E-state index in [0.29, 0.717) is 35.6 Å². The summed E-state index contributed by atoms with van der Waals surface area (Å²) in [5.41, 5.74) is 3.22. The van der Waals surface area contributed by atoms with E-state index in [9.17, 15) is 14.3 Å². The van der Waals surface area contributed by atoms with Crippen LogP contribution in [0.25, 0.3) is 16.6 Å². The highest BCUT2D eigenvalue weighted by Crippen LogP contribution is 2.30. The normalized spacial score (nSPS) is 16.6. The Morgan fingerprint density at radius 1 is 1.33 bits per heavy atom. The number of imidazole rings is 1. The first-order valence-electron chi connectivity index (χ1n) is 11.0. The molecule has 10 heteroatoms. The van der Waals surface area contributed by atoms with Crippen LogP contribution in [0.2, 0.25) is 0 Å². The largest absolute Gasteiger partial charge is 0.395 e. The topological polar surface area (TPSA) is 99.7 Å². The number of pyridine rings is 1. The van der Waals surface area contributed by atoms with Crippen molar-refractivity contribution in [3.8, 4) is 0 Å². The van der Waals surface area contributed by atoms with E-state index < -0.39 is 5.82 Å². The van der Waals surface area contributed by atoms with E-state index in [4.69, 9.17) is 0 Å². The maximum absolute atomic E-state index is 14.5. The summed E-state index contributed by atoms with van der Waals surface area (Å²) in [7, 11) is 0. The van der Waals surface area contributed by atoms with Crippen LogP contribution in [-0.2, 0) is 6.54 Å². The number of aliphatic hydroxyl groups is 1. The summed E-state index contributed by atoms with van der Waals surface area (Å²) in [6.45, 7) is 6.72. The number of carbonyl (C=O) groups is 1. The van der Waals surface area contributed by atoms with Crippen molar-refractivity contribution in [2.75, 3.05) is 36.5 Å². The lowest BCUT2D eigenvalue weighted by atomic mass is 10.1. The zero-order valence-electron chi connectivity index (χ0n) is 18.5. The first-order chi connectivity index (χ1) is 16.0. The Morgan fingerprint density at radius 3 is 2.97 bits per heavy atom. The molecule has 1 aliphatic rings. The number of aryl methyl sites for hydroxylation is 2. The third kappa shape index (κ3) is 3.91. The molecule has 172 valence electrons. The summed E-state index contributed by atoms with van der Waals surface area (Å²) in [6, 6.07) is 4.94. The third-order valence-corrected chi connectivity index (χ3v) is 5.97. The van der Waals surface area contributed by atoms with Crippen molar-refractivity contribution >= 4 is 33.8 Å². The van der Waals surface area contributed by atoms with Gasteiger partial charge in [-0.05, 0) is 26.0 Å². The second-order valence-corrected chi connectivity index (χ2v) is 8.30. The Morgan fingerprint density at radius 2 is 2.18 bits per heavy atom. The van der Waals surface area contributed by atoms with E-state index in [-0.39, 0.29) is 24.2 Å². The maximum atomic E-state index is 14.5.